The number of carbonyl (C=O) groups excluding carboxylic acids is 1. The molecule has 20 heavy (non-hydrogen) atoms. The predicted molar refractivity (Wildman–Crippen MR) is 81.5 cm³/mol. The molecule has 2 heterocycles. The maximum Gasteiger partial charge on any atom is 0.222 e. The summed E-state index contributed by atoms with van der Waals surface area (Å²) in [6, 6.07) is 0.864. The largest absolute Gasteiger partial charge is 0.351 e. The first kappa shape index (κ1) is 15.7. The summed E-state index contributed by atoms with van der Waals surface area (Å²) in [6.07, 6.45) is 3.12. The summed E-state index contributed by atoms with van der Waals surface area (Å²) in [4.78, 5) is 17.1. The fraction of sp³-hybridized carbons (Fsp3) is 0.933. The van der Waals surface area contributed by atoms with E-state index in [1.165, 1.54) is 19.4 Å². The van der Waals surface area contributed by atoms with Gasteiger partial charge in [0.15, 0.2) is 0 Å². The molecule has 5 heteroatoms. The van der Waals surface area contributed by atoms with Gasteiger partial charge in [-0.25, -0.2) is 0 Å². The van der Waals surface area contributed by atoms with Crippen LogP contribution in [0.1, 0.15) is 40.0 Å². The lowest BCUT2D eigenvalue weighted by atomic mass is 10.0. The highest BCUT2D eigenvalue weighted by Crippen LogP contribution is 2.23. The summed E-state index contributed by atoms with van der Waals surface area (Å²) in [5.41, 5.74) is 5.75. The molecule has 1 amide bonds. The van der Waals surface area contributed by atoms with Gasteiger partial charge in [0.05, 0.1) is 0 Å². The molecule has 0 spiro atoms. The van der Waals surface area contributed by atoms with E-state index in [-0.39, 0.29) is 17.5 Å². The Morgan fingerprint density at radius 1 is 1.35 bits per heavy atom. The normalized spacial score (nSPS) is 26.3. The number of nitrogens with one attached hydrogen (secondary N) is 1. The molecule has 0 saturated carbocycles. The zero-order chi connectivity index (χ0) is 14.8. The minimum atomic E-state index is -0.166. The Morgan fingerprint density at radius 2 is 2.10 bits per heavy atom. The quantitative estimate of drug-likeness (QED) is 0.783. The second-order valence-electron chi connectivity index (χ2n) is 7.22. The van der Waals surface area contributed by atoms with Crippen LogP contribution in [-0.2, 0) is 4.79 Å². The van der Waals surface area contributed by atoms with Crippen LogP contribution < -0.4 is 11.1 Å². The molecule has 116 valence electrons. The van der Waals surface area contributed by atoms with Gasteiger partial charge >= 0.3 is 0 Å². The van der Waals surface area contributed by atoms with Crippen LogP contribution in [0, 0.1) is 0 Å². The van der Waals surface area contributed by atoms with Crippen molar-refractivity contribution in [2.24, 2.45) is 5.73 Å². The van der Waals surface area contributed by atoms with Gasteiger partial charge in [0.1, 0.15) is 0 Å². The topological polar surface area (TPSA) is 61.6 Å². The fourth-order valence-corrected chi connectivity index (χ4v) is 3.39. The number of nitrogens with zero attached hydrogens (tertiary/aromatic N) is 2. The van der Waals surface area contributed by atoms with Crippen LogP contribution in [0.2, 0.25) is 0 Å². The van der Waals surface area contributed by atoms with Crippen LogP contribution in [0.4, 0.5) is 0 Å². The Bertz CT molecular complexity index is 339. The Labute approximate surface area is 122 Å². The van der Waals surface area contributed by atoms with Gasteiger partial charge in [0.25, 0.3) is 0 Å². The Hall–Kier alpha value is -0.650. The minimum absolute atomic E-state index is 0.113. The van der Waals surface area contributed by atoms with Crippen molar-refractivity contribution in [1.82, 2.24) is 15.1 Å². The van der Waals surface area contributed by atoms with Crippen LogP contribution in [0.3, 0.4) is 0 Å². The summed E-state index contributed by atoms with van der Waals surface area (Å²) < 4.78 is 0. The average Bonchev–Trinajstić information content (AvgIpc) is 2.80. The van der Waals surface area contributed by atoms with Crippen LogP contribution in [-0.4, -0.2) is 66.1 Å². The predicted octanol–water partition coefficient (Wildman–Crippen LogP) is 0.399. The van der Waals surface area contributed by atoms with Crippen LogP contribution in [0.15, 0.2) is 0 Å². The smallest absolute Gasteiger partial charge is 0.222 e. The van der Waals surface area contributed by atoms with Crippen molar-refractivity contribution in [3.05, 3.63) is 0 Å². The third-order valence-corrected chi connectivity index (χ3v) is 4.34. The molecule has 2 aliphatic rings. The third kappa shape index (κ3) is 4.17. The summed E-state index contributed by atoms with van der Waals surface area (Å²) in [7, 11) is 0. The molecular weight excluding hydrogens is 252 g/mol. The van der Waals surface area contributed by atoms with E-state index in [4.69, 9.17) is 5.73 Å². The zero-order valence-electron chi connectivity index (χ0n) is 13.2. The van der Waals surface area contributed by atoms with Crippen molar-refractivity contribution in [2.75, 3.05) is 32.7 Å². The summed E-state index contributed by atoms with van der Waals surface area (Å²) in [6.45, 7) is 11.1. The van der Waals surface area contributed by atoms with Gasteiger partial charge in [-0.15, -0.1) is 0 Å². The molecule has 5 nitrogen and oxygen atoms in total. The maximum atomic E-state index is 12.1. The highest BCUT2D eigenvalue weighted by atomic mass is 16.1. The van der Waals surface area contributed by atoms with E-state index in [0.717, 1.165) is 19.6 Å². The lowest BCUT2D eigenvalue weighted by molar-refractivity contribution is -0.124. The molecule has 0 radical (unpaired) electrons. The van der Waals surface area contributed by atoms with Gasteiger partial charge in [0.2, 0.25) is 5.91 Å². The molecule has 2 fully saturated rings. The molecule has 0 aromatic heterocycles. The van der Waals surface area contributed by atoms with Crippen molar-refractivity contribution in [2.45, 2.75) is 57.7 Å². The first-order valence-electron chi connectivity index (χ1n) is 7.88. The second-order valence-corrected chi connectivity index (χ2v) is 7.22. The van der Waals surface area contributed by atoms with Crippen LogP contribution >= 0.6 is 0 Å². The summed E-state index contributed by atoms with van der Waals surface area (Å²) >= 11 is 0. The van der Waals surface area contributed by atoms with E-state index in [1.54, 1.807) is 0 Å². The molecule has 2 atom stereocenters. The van der Waals surface area contributed by atoms with Crippen molar-refractivity contribution in [1.29, 1.82) is 0 Å². The van der Waals surface area contributed by atoms with Gasteiger partial charge in [0, 0.05) is 50.2 Å². The fourth-order valence-electron chi connectivity index (χ4n) is 3.39. The highest BCUT2D eigenvalue weighted by molar-refractivity contribution is 5.77. The monoisotopic (exact) mass is 282 g/mol. The van der Waals surface area contributed by atoms with Gasteiger partial charge in [-0.3, -0.25) is 14.6 Å². The number of nitrogens with two attached hydrogens (primary N) is 1. The van der Waals surface area contributed by atoms with E-state index in [9.17, 15) is 4.79 Å². The Morgan fingerprint density at radius 3 is 2.75 bits per heavy atom. The van der Waals surface area contributed by atoms with Crippen molar-refractivity contribution >= 4 is 5.91 Å². The Balaban J connectivity index is 1.86. The summed E-state index contributed by atoms with van der Waals surface area (Å²) in [5, 5.41) is 3.04. The molecule has 0 bridgehead atoms. The first-order chi connectivity index (χ1) is 9.39. The number of hydrogen-bond acceptors (Lipinski definition) is 4. The lowest BCUT2D eigenvalue weighted by Crippen LogP contribution is -2.56. The maximum absolute atomic E-state index is 12.1. The third-order valence-electron chi connectivity index (χ3n) is 4.34. The number of piperazine rings is 1. The van der Waals surface area contributed by atoms with Crippen LogP contribution in [0.5, 0.6) is 0 Å². The zero-order valence-corrected chi connectivity index (χ0v) is 13.2. The van der Waals surface area contributed by atoms with Gasteiger partial charge in [-0.2, -0.15) is 0 Å². The van der Waals surface area contributed by atoms with E-state index < -0.39 is 0 Å². The standard InChI is InChI=1S/C15H30N4O/c1-15(2,3)17-14(20)9-13(10-16)19-8-7-18-6-4-5-12(18)11-19/h12-13H,4-11,16H2,1-3H3,(H,17,20). The second kappa shape index (κ2) is 6.41. The number of hydrogen-bond donors (Lipinski definition) is 2. The number of carbonyl (C=O) groups is 1. The lowest BCUT2D eigenvalue weighted by Gasteiger charge is -2.41. The van der Waals surface area contributed by atoms with Gasteiger partial charge < -0.3 is 11.1 Å². The number of fused-ring (bicyclic) bond motifs is 1. The van der Waals surface area contributed by atoms with Crippen LogP contribution in [0.25, 0.3) is 0 Å². The first-order valence-corrected chi connectivity index (χ1v) is 7.88. The molecule has 3 N–H and O–H groups in total. The molecule has 2 aliphatic heterocycles. The molecule has 0 aromatic carbocycles. The molecule has 0 aliphatic carbocycles. The molecule has 2 rings (SSSR count). The van der Waals surface area contributed by atoms with E-state index in [1.807, 2.05) is 20.8 Å². The Kier molecular flexibility index (Phi) is 5.04. The SMILES string of the molecule is CC(C)(C)NC(=O)CC(CN)N1CCN2CCCC2C1. The van der Waals surface area contributed by atoms with Crippen molar-refractivity contribution < 1.29 is 4.79 Å². The number of rotatable bonds is 4. The number of amides is 1. The van der Waals surface area contributed by atoms with Gasteiger partial charge in [-0.05, 0) is 40.2 Å². The summed E-state index contributed by atoms with van der Waals surface area (Å²) in [5.74, 6) is 0.113. The van der Waals surface area contributed by atoms with E-state index in [2.05, 4.69) is 15.1 Å². The van der Waals surface area contributed by atoms with Crippen molar-refractivity contribution in [3.8, 4) is 0 Å². The van der Waals surface area contributed by atoms with E-state index in [0.29, 0.717) is 19.0 Å². The molecular formula is C15H30N4O. The molecule has 2 saturated heterocycles. The van der Waals surface area contributed by atoms with Gasteiger partial charge in [-0.1, -0.05) is 0 Å². The molecule has 0 aromatic rings. The van der Waals surface area contributed by atoms with E-state index >= 15 is 0 Å². The van der Waals surface area contributed by atoms with Crippen molar-refractivity contribution in [3.63, 3.8) is 0 Å². The minimum Gasteiger partial charge on any atom is -0.351 e. The highest BCUT2D eigenvalue weighted by Gasteiger charge is 2.33. The average molecular weight is 282 g/mol. The molecule has 2 unspecified atom stereocenters.